The summed E-state index contributed by atoms with van der Waals surface area (Å²) in [6.45, 7) is 1.27. The van der Waals surface area contributed by atoms with Crippen molar-refractivity contribution in [3.63, 3.8) is 0 Å². The molecule has 0 bridgehead atoms. The molecular formula is C16H24N2. The first-order chi connectivity index (χ1) is 8.79. The quantitative estimate of drug-likeness (QED) is 0.876. The number of fused-ring (bicyclic) bond motifs is 1. The average Bonchev–Trinajstić information content (AvgIpc) is 2.72. The molecule has 1 fully saturated rings. The average molecular weight is 244 g/mol. The van der Waals surface area contributed by atoms with Gasteiger partial charge in [-0.3, -0.25) is 0 Å². The van der Waals surface area contributed by atoms with Gasteiger partial charge in [-0.15, -0.1) is 0 Å². The fourth-order valence-electron chi connectivity index (χ4n) is 3.55. The third-order valence-electron chi connectivity index (χ3n) is 4.85. The second-order valence-corrected chi connectivity index (χ2v) is 5.97. The van der Waals surface area contributed by atoms with Crippen LogP contribution in [0.3, 0.4) is 0 Å². The van der Waals surface area contributed by atoms with E-state index in [0.29, 0.717) is 12.1 Å². The molecule has 2 aliphatic carbocycles. The predicted octanol–water partition coefficient (Wildman–Crippen LogP) is 2.60. The summed E-state index contributed by atoms with van der Waals surface area (Å²) in [5, 5.41) is 3.52. The van der Waals surface area contributed by atoms with Crippen LogP contribution in [0.2, 0.25) is 0 Å². The van der Waals surface area contributed by atoms with Crippen molar-refractivity contribution in [3.8, 4) is 0 Å². The summed E-state index contributed by atoms with van der Waals surface area (Å²) in [6.07, 6.45) is 5.52. The number of hydrogen-bond donors (Lipinski definition) is 1. The minimum absolute atomic E-state index is 0.506. The second-order valence-electron chi connectivity index (χ2n) is 5.97. The fourth-order valence-corrected chi connectivity index (χ4v) is 3.55. The van der Waals surface area contributed by atoms with Crippen LogP contribution in [-0.4, -0.2) is 31.6 Å². The van der Waals surface area contributed by atoms with Crippen molar-refractivity contribution in [2.75, 3.05) is 20.6 Å². The van der Waals surface area contributed by atoms with Crippen molar-refractivity contribution < 1.29 is 0 Å². The molecule has 0 amide bonds. The maximum Gasteiger partial charge on any atom is 0.0481 e. The van der Waals surface area contributed by atoms with Crippen LogP contribution in [0.1, 0.15) is 36.4 Å². The van der Waals surface area contributed by atoms with E-state index in [1.165, 1.54) is 43.4 Å². The Morgan fingerprint density at radius 2 is 2.06 bits per heavy atom. The SMILES string of the molecule is CNC1c2ccccc2CC1N(C)CC1CCC1. The normalized spacial score (nSPS) is 27.3. The first kappa shape index (κ1) is 12.2. The minimum atomic E-state index is 0.506. The molecule has 2 aliphatic rings. The second kappa shape index (κ2) is 5.02. The summed E-state index contributed by atoms with van der Waals surface area (Å²) in [6, 6.07) is 10.0. The Labute approximate surface area is 110 Å². The number of likely N-dealkylation sites (N-methyl/N-ethyl adjacent to an activating group) is 2. The van der Waals surface area contributed by atoms with E-state index in [9.17, 15) is 0 Å². The molecule has 0 heterocycles. The summed E-state index contributed by atoms with van der Waals surface area (Å²) < 4.78 is 0. The zero-order valence-corrected chi connectivity index (χ0v) is 11.5. The van der Waals surface area contributed by atoms with Gasteiger partial charge in [-0.25, -0.2) is 0 Å². The number of nitrogens with zero attached hydrogens (tertiary/aromatic N) is 1. The van der Waals surface area contributed by atoms with Crippen LogP contribution in [0, 0.1) is 5.92 Å². The molecule has 98 valence electrons. The van der Waals surface area contributed by atoms with Gasteiger partial charge in [0.2, 0.25) is 0 Å². The summed E-state index contributed by atoms with van der Waals surface area (Å²) in [5.74, 6) is 0.955. The predicted molar refractivity (Wildman–Crippen MR) is 75.7 cm³/mol. The molecular weight excluding hydrogens is 220 g/mol. The van der Waals surface area contributed by atoms with Crippen molar-refractivity contribution in [3.05, 3.63) is 35.4 Å². The molecule has 2 heteroatoms. The van der Waals surface area contributed by atoms with Crippen LogP contribution in [0.4, 0.5) is 0 Å². The highest BCUT2D eigenvalue weighted by atomic mass is 15.2. The number of nitrogens with one attached hydrogen (secondary N) is 1. The Morgan fingerprint density at radius 1 is 1.28 bits per heavy atom. The summed E-state index contributed by atoms with van der Waals surface area (Å²) in [7, 11) is 4.40. The minimum Gasteiger partial charge on any atom is -0.312 e. The van der Waals surface area contributed by atoms with E-state index in [1.807, 2.05) is 0 Å². The van der Waals surface area contributed by atoms with Crippen molar-refractivity contribution in [1.29, 1.82) is 0 Å². The highest BCUT2D eigenvalue weighted by molar-refractivity contribution is 5.37. The standard InChI is InChI=1S/C16H24N2/c1-17-16-14-9-4-3-8-13(14)10-15(16)18(2)11-12-6-5-7-12/h3-4,8-9,12,15-17H,5-7,10-11H2,1-2H3. The van der Waals surface area contributed by atoms with Crippen LogP contribution in [-0.2, 0) is 6.42 Å². The van der Waals surface area contributed by atoms with Crippen LogP contribution < -0.4 is 5.32 Å². The van der Waals surface area contributed by atoms with Gasteiger partial charge < -0.3 is 10.2 Å². The molecule has 0 saturated heterocycles. The Bertz CT molecular complexity index is 411. The fraction of sp³-hybridized carbons (Fsp3) is 0.625. The van der Waals surface area contributed by atoms with Crippen molar-refractivity contribution in [2.24, 2.45) is 5.92 Å². The van der Waals surface area contributed by atoms with Gasteiger partial charge in [0, 0.05) is 18.6 Å². The largest absolute Gasteiger partial charge is 0.312 e. The Morgan fingerprint density at radius 3 is 2.72 bits per heavy atom. The van der Waals surface area contributed by atoms with Gasteiger partial charge in [-0.1, -0.05) is 30.7 Å². The third kappa shape index (κ3) is 2.08. The zero-order valence-electron chi connectivity index (χ0n) is 11.5. The Balaban J connectivity index is 1.73. The van der Waals surface area contributed by atoms with Gasteiger partial charge in [0.15, 0.2) is 0 Å². The smallest absolute Gasteiger partial charge is 0.0481 e. The van der Waals surface area contributed by atoms with E-state index in [2.05, 4.69) is 48.6 Å². The van der Waals surface area contributed by atoms with E-state index in [-0.39, 0.29) is 0 Å². The van der Waals surface area contributed by atoms with E-state index < -0.39 is 0 Å². The van der Waals surface area contributed by atoms with Crippen LogP contribution >= 0.6 is 0 Å². The molecule has 2 unspecified atom stereocenters. The summed E-state index contributed by atoms with van der Waals surface area (Å²) >= 11 is 0. The first-order valence-corrected chi connectivity index (χ1v) is 7.25. The molecule has 1 aromatic carbocycles. The Hall–Kier alpha value is -0.860. The molecule has 1 N–H and O–H groups in total. The van der Waals surface area contributed by atoms with Gasteiger partial charge in [0.05, 0.1) is 0 Å². The molecule has 0 aromatic heterocycles. The van der Waals surface area contributed by atoms with Gasteiger partial charge in [-0.05, 0) is 50.4 Å². The van der Waals surface area contributed by atoms with Crippen LogP contribution in [0.25, 0.3) is 0 Å². The lowest BCUT2D eigenvalue weighted by atomic mass is 9.85. The lowest BCUT2D eigenvalue weighted by molar-refractivity contribution is 0.144. The molecule has 18 heavy (non-hydrogen) atoms. The summed E-state index contributed by atoms with van der Waals surface area (Å²) in [4.78, 5) is 2.59. The van der Waals surface area contributed by atoms with Gasteiger partial charge in [-0.2, -0.15) is 0 Å². The third-order valence-corrected chi connectivity index (χ3v) is 4.85. The van der Waals surface area contributed by atoms with E-state index in [0.717, 1.165) is 5.92 Å². The van der Waals surface area contributed by atoms with E-state index >= 15 is 0 Å². The molecule has 3 rings (SSSR count). The zero-order chi connectivity index (χ0) is 12.5. The molecule has 0 spiro atoms. The maximum absolute atomic E-state index is 3.52. The molecule has 0 radical (unpaired) electrons. The maximum atomic E-state index is 3.52. The van der Waals surface area contributed by atoms with Gasteiger partial charge in [0.25, 0.3) is 0 Å². The highest BCUT2D eigenvalue weighted by Gasteiger charge is 2.34. The highest BCUT2D eigenvalue weighted by Crippen LogP contribution is 2.35. The van der Waals surface area contributed by atoms with E-state index in [4.69, 9.17) is 0 Å². The molecule has 1 aromatic rings. The Kier molecular flexibility index (Phi) is 3.40. The van der Waals surface area contributed by atoms with Crippen molar-refractivity contribution >= 4 is 0 Å². The monoisotopic (exact) mass is 244 g/mol. The topological polar surface area (TPSA) is 15.3 Å². The summed E-state index contributed by atoms with van der Waals surface area (Å²) in [5.41, 5.74) is 3.03. The van der Waals surface area contributed by atoms with Crippen LogP contribution in [0.5, 0.6) is 0 Å². The first-order valence-electron chi connectivity index (χ1n) is 7.25. The number of benzene rings is 1. The number of rotatable bonds is 4. The van der Waals surface area contributed by atoms with Gasteiger partial charge in [0.1, 0.15) is 0 Å². The number of hydrogen-bond acceptors (Lipinski definition) is 2. The molecule has 2 atom stereocenters. The molecule has 0 aliphatic heterocycles. The van der Waals surface area contributed by atoms with Gasteiger partial charge >= 0.3 is 0 Å². The van der Waals surface area contributed by atoms with Crippen molar-refractivity contribution in [1.82, 2.24) is 10.2 Å². The van der Waals surface area contributed by atoms with E-state index in [1.54, 1.807) is 0 Å². The molecule has 2 nitrogen and oxygen atoms in total. The molecule has 1 saturated carbocycles. The van der Waals surface area contributed by atoms with Crippen molar-refractivity contribution in [2.45, 2.75) is 37.8 Å². The lowest BCUT2D eigenvalue weighted by Crippen LogP contribution is -2.43. The van der Waals surface area contributed by atoms with Crippen LogP contribution in [0.15, 0.2) is 24.3 Å². The lowest BCUT2D eigenvalue weighted by Gasteiger charge is -2.35.